The number of aromatic nitrogens is 3. The average molecular weight is 741 g/mol. The van der Waals surface area contributed by atoms with E-state index < -0.39 is 37.1 Å². The van der Waals surface area contributed by atoms with Crippen LogP contribution in [0, 0.1) is 0 Å². The van der Waals surface area contributed by atoms with Crippen LogP contribution in [0.3, 0.4) is 0 Å². The monoisotopic (exact) mass is 741 g/mol. The van der Waals surface area contributed by atoms with Crippen molar-refractivity contribution < 1.29 is 30.3 Å². The van der Waals surface area contributed by atoms with Crippen LogP contribution in [0.2, 0.25) is 0 Å². The van der Waals surface area contributed by atoms with Gasteiger partial charge in [0.2, 0.25) is 0 Å². The standard InChI is InChI=1S/C42H84N4O6/c1-4-7-10-13-14-15-16-17-18-19-20-24-29-39(48)42(51)38(35-52-36-41(50)40(49)34-47)46-33-37(43-44-46)28-23-21-22-27-32-45(30-25-11-8-5-2)31-26-12-9-6-3/h33,38-42,47-51H,4-32,34-36H2,1-3H3/t38-,39+,40-,41-,42-/m0/s1. The highest BCUT2D eigenvalue weighted by atomic mass is 16.5. The Kier molecular flexibility index (Phi) is 32.3. The number of aryl methyl sites for hydroxylation is 1. The van der Waals surface area contributed by atoms with Crippen LogP contribution in [0.25, 0.3) is 0 Å². The third-order valence-electron chi connectivity index (χ3n) is 10.6. The quantitative estimate of drug-likeness (QED) is 0.0425. The molecule has 0 amide bonds. The van der Waals surface area contributed by atoms with Crippen molar-refractivity contribution in [1.29, 1.82) is 0 Å². The van der Waals surface area contributed by atoms with Gasteiger partial charge in [-0.25, -0.2) is 4.68 Å². The van der Waals surface area contributed by atoms with Crippen LogP contribution < -0.4 is 0 Å². The number of aliphatic hydroxyl groups excluding tert-OH is 5. The fraction of sp³-hybridized carbons (Fsp3) is 0.952. The van der Waals surface area contributed by atoms with Gasteiger partial charge in [-0.1, -0.05) is 154 Å². The van der Waals surface area contributed by atoms with Crippen molar-refractivity contribution in [2.45, 2.75) is 218 Å². The third-order valence-corrected chi connectivity index (χ3v) is 10.6. The van der Waals surface area contributed by atoms with Gasteiger partial charge < -0.3 is 35.2 Å². The number of nitrogens with zero attached hydrogens (tertiary/aromatic N) is 4. The molecular formula is C42H84N4O6. The minimum Gasteiger partial charge on any atom is -0.394 e. The Morgan fingerprint density at radius 2 is 1.04 bits per heavy atom. The maximum Gasteiger partial charge on any atom is 0.105 e. The molecule has 0 unspecified atom stereocenters. The van der Waals surface area contributed by atoms with E-state index in [0.29, 0.717) is 6.42 Å². The molecule has 0 saturated carbocycles. The molecular weight excluding hydrogens is 656 g/mol. The summed E-state index contributed by atoms with van der Waals surface area (Å²) in [6.07, 6.45) is 28.3. The smallest absolute Gasteiger partial charge is 0.105 e. The molecule has 0 aromatic carbocycles. The Bertz CT molecular complexity index is 880. The summed E-state index contributed by atoms with van der Waals surface area (Å²) in [5, 5.41) is 59.8. The summed E-state index contributed by atoms with van der Waals surface area (Å²) in [5.74, 6) is 0. The third kappa shape index (κ3) is 25.0. The number of aliphatic hydroxyl groups is 5. The summed E-state index contributed by atoms with van der Waals surface area (Å²) in [5.41, 5.74) is 0.844. The van der Waals surface area contributed by atoms with Gasteiger partial charge in [0.25, 0.3) is 0 Å². The molecule has 0 saturated heterocycles. The van der Waals surface area contributed by atoms with E-state index in [0.717, 1.165) is 44.2 Å². The lowest BCUT2D eigenvalue weighted by Crippen LogP contribution is -2.39. The van der Waals surface area contributed by atoms with Gasteiger partial charge in [0.15, 0.2) is 0 Å². The van der Waals surface area contributed by atoms with Gasteiger partial charge >= 0.3 is 0 Å². The summed E-state index contributed by atoms with van der Waals surface area (Å²) in [6, 6.07) is -0.701. The number of hydrogen-bond donors (Lipinski definition) is 5. The van der Waals surface area contributed by atoms with E-state index in [2.05, 4.69) is 36.0 Å². The first kappa shape index (κ1) is 48.9. The summed E-state index contributed by atoms with van der Waals surface area (Å²) < 4.78 is 7.24. The summed E-state index contributed by atoms with van der Waals surface area (Å²) >= 11 is 0. The molecule has 0 aliphatic heterocycles. The lowest BCUT2D eigenvalue weighted by atomic mass is 9.99. The van der Waals surface area contributed by atoms with Gasteiger partial charge in [0, 0.05) is 6.20 Å². The van der Waals surface area contributed by atoms with E-state index >= 15 is 0 Å². The molecule has 1 aromatic rings. The Morgan fingerprint density at radius 1 is 0.577 bits per heavy atom. The zero-order valence-electron chi connectivity index (χ0n) is 34.0. The minimum absolute atomic E-state index is 0.0257. The van der Waals surface area contributed by atoms with Gasteiger partial charge in [0.05, 0.1) is 31.6 Å². The van der Waals surface area contributed by atoms with Crippen LogP contribution in [0.1, 0.15) is 193 Å². The topological polar surface area (TPSA) is 144 Å². The van der Waals surface area contributed by atoms with Gasteiger partial charge in [-0.05, 0) is 58.2 Å². The zero-order valence-corrected chi connectivity index (χ0v) is 34.0. The van der Waals surface area contributed by atoms with E-state index in [9.17, 15) is 20.4 Å². The van der Waals surface area contributed by atoms with Crippen molar-refractivity contribution in [3.63, 3.8) is 0 Å². The number of hydrogen-bond acceptors (Lipinski definition) is 9. The molecule has 5 atom stereocenters. The molecule has 0 fully saturated rings. The van der Waals surface area contributed by atoms with Crippen LogP contribution in [-0.4, -0.2) is 109 Å². The first-order valence-corrected chi connectivity index (χ1v) is 21.9. The predicted octanol–water partition coefficient (Wildman–Crippen LogP) is 7.93. The molecule has 0 bridgehead atoms. The highest BCUT2D eigenvalue weighted by molar-refractivity contribution is 4.95. The van der Waals surface area contributed by atoms with Gasteiger partial charge in [-0.15, -0.1) is 5.10 Å². The molecule has 0 radical (unpaired) electrons. The second-order valence-electron chi connectivity index (χ2n) is 15.5. The zero-order chi connectivity index (χ0) is 38.1. The molecule has 10 nitrogen and oxygen atoms in total. The summed E-state index contributed by atoms with van der Waals surface area (Å²) in [6.45, 7) is 9.61. The first-order valence-electron chi connectivity index (χ1n) is 21.9. The molecule has 10 heteroatoms. The second kappa shape index (κ2) is 34.4. The lowest BCUT2D eigenvalue weighted by molar-refractivity contribution is -0.0811. The van der Waals surface area contributed by atoms with Gasteiger partial charge in [-0.3, -0.25) is 0 Å². The molecule has 1 heterocycles. The lowest BCUT2D eigenvalue weighted by Gasteiger charge is -2.27. The van der Waals surface area contributed by atoms with Crippen LogP contribution in [0.5, 0.6) is 0 Å². The van der Waals surface area contributed by atoms with E-state index in [1.807, 2.05) is 6.20 Å². The Hall–Kier alpha value is -1.14. The largest absolute Gasteiger partial charge is 0.394 e. The van der Waals surface area contributed by atoms with Crippen molar-refractivity contribution in [2.24, 2.45) is 0 Å². The van der Waals surface area contributed by atoms with E-state index in [1.165, 1.54) is 142 Å². The SMILES string of the molecule is CCCCCCCCCCCCCC[C@@H](O)[C@@H](O)[C@H](COC[C@H](O)[C@@H](O)CO)n1cc(CCCCCCN(CCCCCC)CCCCCC)nn1. The molecule has 52 heavy (non-hydrogen) atoms. The van der Waals surface area contributed by atoms with Crippen LogP contribution >= 0.6 is 0 Å². The number of rotatable bonds is 39. The summed E-state index contributed by atoms with van der Waals surface area (Å²) in [4.78, 5) is 2.68. The van der Waals surface area contributed by atoms with Gasteiger partial charge in [0.1, 0.15) is 24.4 Å². The van der Waals surface area contributed by atoms with E-state index in [-0.39, 0.29) is 13.2 Å². The fourth-order valence-corrected chi connectivity index (χ4v) is 6.94. The van der Waals surface area contributed by atoms with Crippen molar-refractivity contribution >= 4 is 0 Å². The molecule has 0 aliphatic carbocycles. The van der Waals surface area contributed by atoms with E-state index in [1.54, 1.807) is 4.68 Å². The van der Waals surface area contributed by atoms with Crippen LogP contribution in [0.15, 0.2) is 6.20 Å². The Balaban J connectivity index is 2.54. The number of unbranched alkanes of at least 4 members (excludes halogenated alkanes) is 20. The van der Waals surface area contributed by atoms with Crippen molar-refractivity contribution in [2.75, 3.05) is 39.5 Å². The summed E-state index contributed by atoms with van der Waals surface area (Å²) in [7, 11) is 0. The maximum atomic E-state index is 11.2. The molecule has 0 aliphatic rings. The van der Waals surface area contributed by atoms with Gasteiger partial charge in [-0.2, -0.15) is 0 Å². The highest BCUT2D eigenvalue weighted by Crippen LogP contribution is 2.21. The molecule has 1 aromatic heterocycles. The first-order chi connectivity index (χ1) is 25.4. The number of ether oxygens (including phenoxy) is 1. The molecule has 1 rings (SSSR count). The Morgan fingerprint density at radius 3 is 1.56 bits per heavy atom. The van der Waals surface area contributed by atoms with Crippen molar-refractivity contribution in [3.8, 4) is 0 Å². The molecule has 308 valence electrons. The maximum absolute atomic E-state index is 11.2. The molecule has 5 N–H and O–H groups in total. The fourth-order valence-electron chi connectivity index (χ4n) is 6.94. The van der Waals surface area contributed by atoms with Crippen molar-refractivity contribution in [1.82, 2.24) is 19.9 Å². The average Bonchev–Trinajstić information content (AvgIpc) is 3.62. The van der Waals surface area contributed by atoms with Crippen LogP contribution in [0.4, 0.5) is 0 Å². The Labute approximate surface area is 319 Å². The minimum atomic E-state index is -1.31. The second-order valence-corrected chi connectivity index (χ2v) is 15.5. The molecule has 0 spiro atoms. The van der Waals surface area contributed by atoms with E-state index in [4.69, 9.17) is 9.84 Å². The normalized spacial score (nSPS) is 14.9. The predicted molar refractivity (Wildman–Crippen MR) is 214 cm³/mol. The van der Waals surface area contributed by atoms with Crippen molar-refractivity contribution in [3.05, 3.63) is 11.9 Å². The van der Waals surface area contributed by atoms with Crippen LogP contribution in [-0.2, 0) is 11.2 Å². The highest BCUT2D eigenvalue weighted by Gasteiger charge is 2.30.